The Hall–Kier alpha value is -1.71. The second kappa shape index (κ2) is 6.45. The number of hydrogen-bond acceptors (Lipinski definition) is 4. The zero-order valence-corrected chi connectivity index (χ0v) is 12.4. The molecule has 0 fully saturated rings. The molecule has 0 aromatic heterocycles. The lowest BCUT2D eigenvalue weighted by atomic mass is 10.0. The normalized spacial score (nSPS) is 11.0. The standard InChI is InChI=1S/C15H23NO3/c1-6-11-8-9-13(18-5)12(10-11)16-15(3,4)14(17)19-7-2/h8-10,16H,6-7H2,1-5H3. The summed E-state index contributed by atoms with van der Waals surface area (Å²) in [6.45, 7) is 7.84. The van der Waals surface area contributed by atoms with E-state index in [-0.39, 0.29) is 5.97 Å². The number of aryl methyl sites for hydroxylation is 1. The van der Waals surface area contributed by atoms with Crippen molar-refractivity contribution in [3.05, 3.63) is 23.8 Å². The zero-order valence-electron chi connectivity index (χ0n) is 12.4. The van der Waals surface area contributed by atoms with Gasteiger partial charge in [-0.25, -0.2) is 4.79 Å². The molecule has 4 nitrogen and oxygen atoms in total. The molecule has 1 aromatic carbocycles. The van der Waals surface area contributed by atoms with Gasteiger partial charge in [-0.15, -0.1) is 0 Å². The highest BCUT2D eigenvalue weighted by molar-refractivity contribution is 5.84. The van der Waals surface area contributed by atoms with Gasteiger partial charge in [-0.05, 0) is 44.9 Å². The minimum Gasteiger partial charge on any atom is -0.495 e. The molecule has 0 unspecified atom stereocenters. The van der Waals surface area contributed by atoms with Gasteiger partial charge in [0.05, 0.1) is 19.4 Å². The Bertz CT molecular complexity index is 441. The van der Waals surface area contributed by atoms with Gasteiger partial charge in [-0.3, -0.25) is 0 Å². The fraction of sp³-hybridized carbons (Fsp3) is 0.533. The van der Waals surface area contributed by atoms with E-state index in [1.54, 1.807) is 27.9 Å². The van der Waals surface area contributed by atoms with Gasteiger partial charge >= 0.3 is 5.97 Å². The van der Waals surface area contributed by atoms with Crippen LogP contribution in [0.3, 0.4) is 0 Å². The highest BCUT2D eigenvalue weighted by atomic mass is 16.5. The number of carbonyl (C=O) groups is 1. The van der Waals surface area contributed by atoms with Crippen LogP contribution in [-0.4, -0.2) is 25.2 Å². The van der Waals surface area contributed by atoms with Crippen LogP contribution in [0, 0.1) is 0 Å². The maximum atomic E-state index is 11.9. The third kappa shape index (κ3) is 3.88. The van der Waals surface area contributed by atoms with Crippen LogP contribution >= 0.6 is 0 Å². The van der Waals surface area contributed by atoms with Crippen molar-refractivity contribution in [2.45, 2.75) is 39.7 Å². The van der Waals surface area contributed by atoms with E-state index in [1.807, 2.05) is 18.2 Å². The Balaban J connectivity index is 2.99. The number of esters is 1. The van der Waals surface area contributed by atoms with E-state index in [0.29, 0.717) is 6.61 Å². The van der Waals surface area contributed by atoms with Gasteiger partial charge in [0, 0.05) is 0 Å². The molecule has 0 aliphatic rings. The number of carbonyl (C=O) groups excluding carboxylic acids is 1. The molecule has 0 aliphatic carbocycles. The summed E-state index contributed by atoms with van der Waals surface area (Å²) in [5, 5.41) is 3.20. The van der Waals surface area contributed by atoms with Gasteiger partial charge in [0.2, 0.25) is 0 Å². The van der Waals surface area contributed by atoms with Gasteiger partial charge in [0.15, 0.2) is 0 Å². The molecular formula is C15H23NO3. The van der Waals surface area contributed by atoms with E-state index >= 15 is 0 Å². The van der Waals surface area contributed by atoms with E-state index in [4.69, 9.17) is 9.47 Å². The van der Waals surface area contributed by atoms with E-state index in [2.05, 4.69) is 12.2 Å². The fourth-order valence-corrected chi connectivity index (χ4v) is 1.77. The number of nitrogens with one attached hydrogen (secondary N) is 1. The van der Waals surface area contributed by atoms with Crippen molar-refractivity contribution in [1.82, 2.24) is 0 Å². The van der Waals surface area contributed by atoms with Crippen molar-refractivity contribution in [2.24, 2.45) is 0 Å². The van der Waals surface area contributed by atoms with Gasteiger partial charge in [-0.1, -0.05) is 13.0 Å². The van der Waals surface area contributed by atoms with Gasteiger partial charge in [-0.2, -0.15) is 0 Å². The van der Waals surface area contributed by atoms with E-state index in [9.17, 15) is 4.79 Å². The summed E-state index contributed by atoms with van der Waals surface area (Å²) in [5.41, 5.74) is 1.19. The van der Waals surface area contributed by atoms with E-state index in [0.717, 1.165) is 17.9 Å². The molecule has 0 atom stereocenters. The second-order valence-electron chi connectivity index (χ2n) is 4.86. The molecule has 0 aliphatic heterocycles. The van der Waals surface area contributed by atoms with E-state index in [1.165, 1.54) is 5.56 Å². The van der Waals surface area contributed by atoms with Crippen molar-refractivity contribution in [3.8, 4) is 5.75 Å². The smallest absolute Gasteiger partial charge is 0.331 e. The highest BCUT2D eigenvalue weighted by Gasteiger charge is 2.29. The lowest BCUT2D eigenvalue weighted by Crippen LogP contribution is -2.41. The topological polar surface area (TPSA) is 47.6 Å². The first-order chi connectivity index (χ1) is 8.94. The Morgan fingerprint density at radius 1 is 1.32 bits per heavy atom. The summed E-state index contributed by atoms with van der Waals surface area (Å²) in [6.07, 6.45) is 0.929. The Morgan fingerprint density at radius 2 is 2.00 bits per heavy atom. The van der Waals surface area contributed by atoms with Crippen LogP contribution in [-0.2, 0) is 16.0 Å². The third-order valence-electron chi connectivity index (χ3n) is 2.91. The van der Waals surface area contributed by atoms with Gasteiger partial charge in [0.1, 0.15) is 11.3 Å². The van der Waals surface area contributed by atoms with Crippen molar-refractivity contribution in [3.63, 3.8) is 0 Å². The number of methoxy groups -OCH3 is 1. The average molecular weight is 265 g/mol. The zero-order chi connectivity index (χ0) is 14.5. The lowest BCUT2D eigenvalue weighted by molar-refractivity contribution is -0.147. The quantitative estimate of drug-likeness (QED) is 0.803. The second-order valence-corrected chi connectivity index (χ2v) is 4.86. The number of hydrogen-bond donors (Lipinski definition) is 1. The number of rotatable bonds is 6. The summed E-state index contributed by atoms with van der Waals surface area (Å²) in [7, 11) is 1.61. The maximum absolute atomic E-state index is 11.9. The largest absolute Gasteiger partial charge is 0.495 e. The molecule has 0 radical (unpaired) electrons. The molecule has 106 valence electrons. The van der Waals surface area contributed by atoms with E-state index < -0.39 is 5.54 Å². The molecule has 1 aromatic rings. The molecule has 0 heterocycles. The van der Waals surface area contributed by atoms with Crippen molar-refractivity contribution < 1.29 is 14.3 Å². The van der Waals surface area contributed by atoms with Crippen molar-refractivity contribution in [1.29, 1.82) is 0 Å². The summed E-state index contributed by atoms with van der Waals surface area (Å²) in [5.74, 6) is 0.438. The van der Waals surface area contributed by atoms with Gasteiger partial charge in [0.25, 0.3) is 0 Å². The molecule has 1 N–H and O–H groups in total. The Labute approximate surface area is 115 Å². The summed E-state index contributed by atoms with van der Waals surface area (Å²) < 4.78 is 10.4. The third-order valence-corrected chi connectivity index (χ3v) is 2.91. The molecule has 4 heteroatoms. The molecular weight excluding hydrogens is 242 g/mol. The Morgan fingerprint density at radius 3 is 2.53 bits per heavy atom. The molecule has 19 heavy (non-hydrogen) atoms. The lowest BCUT2D eigenvalue weighted by Gasteiger charge is -2.26. The van der Waals surface area contributed by atoms with Crippen molar-refractivity contribution in [2.75, 3.05) is 19.0 Å². The monoisotopic (exact) mass is 265 g/mol. The van der Waals surface area contributed by atoms with Crippen LogP contribution in [0.1, 0.15) is 33.3 Å². The molecule has 0 bridgehead atoms. The summed E-state index contributed by atoms with van der Waals surface area (Å²) in [6, 6.07) is 5.92. The summed E-state index contributed by atoms with van der Waals surface area (Å²) in [4.78, 5) is 11.9. The first kappa shape index (κ1) is 15.3. The first-order valence-electron chi connectivity index (χ1n) is 6.57. The number of anilines is 1. The molecule has 1 rings (SSSR count). The fourth-order valence-electron chi connectivity index (χ4n) is 1.77. The molecule has 0 saturated carbocycles. The number of benzene rings is 1. The van der Waals surface area contributed by atoms with Crippen molar-refractivity contribution >= 4 is 11.7 Å². The van der Waals surface area contributed by atoms with Crippen LogP contribution in [0.25, 0.3) is 0 Å². The van der Waals surface area contributed by atoms with Crippen LogP contribution < -0.4 is 10.1 Å². The predicted octanol–water partition coefficient (Wildman–Crippen LogP) is 3.01. The molecule has 0 saturated heterocycles. The maximum Gasteiger partial charge on any atom is 0.331 e. The van der Waals surface area contributed by atoms with Crippen LogP contribution in [0.2, 0.25) is 0 Å². The summed E-state index contributed by atoms with van der Waals surface area (Å²) >= 11 is 0. The van der Waals surface area contributed by atoms with Crippen LogP contribution in [0.4, 0.5) is 5.69 Å². The highest BCUT2D eigenvalue weighted by Crippen LogP contribution is 2.28. The molecule has 0 amide bonds. The Kier molecular flexibility index (Phi) is 5.21. The first-order valence-corrected chi connectivity index (χ1v) is 6.57. The number of ether oxygens (including phenoxy) is 2. The SMILES string of the molecule is CCOC(=O)C(C)(C)Nc1cc(CC)ccc1OC. The predicted molar refractivity (Wildman–Crippen MR) is 76.7 cm³/mol. The minimum atomic E-state index is -0.796. The van der Waals surface area contributed by atoms with Crippen LogP contribution in [0.5, 0.6) is 5.75 Å². The van der Waals surface area contributed by atoms with Crippen LogP contribution in [0.15, 0.2) is 18.2 Å². The van der Waals surface area contributed by atoms with Gasteiger partial charge < -0.3 is 14.8 Å². The average Bonchev–Trinajstić information content (AvgIpc) is 2.38. The minimum absolute atomic E-state index is 0.279. The molecule has 0 spiro atoms.